The Morgan fingerprint density at radius 1 is 1.06 bits per heavy atom. The van der Waals surface area contributed by atoms with Crippen LogP contribution in [0.4, 0.5) is 5.69 Å². The van der Waals surface area contributed by atoms with E-state index in [-0.39, 0.29) is 0 Å². The van der Waals surface area contributed by atoms with E-state index in [4.69, 9.17) is 10.2 Å². The number of nitrogen functional groups attached to an aromatic ring is 1. The van der Waals surface area contributed by atoms with Gasteiger partial charge in [0, 0.05) is 11.3 Å². The smallest absolute Gasteiger partial charge is 0.227 e. The molecule has 90 valence electrons. The first-order chi connectivity index (χ1) is 8.65. The van der Waals surface area contributed by atoms with Gasteiger partial charge < -0.3 is 10.2 Å². The summed E-state index contributed by atoms with van der Waals surface area (Å²) in [6.45, 7) is 4.04. The van der Waals surface area contributed by atoms with Crippen molar-refractivity contribution in [3.8, 4) is 11.5 Å². The summed E-state index contributed by atoms with van der Waals surface area (Å²) in [7, 11) is 0. The number of hydrogen-bond donors (Lipinski definition) is 1. The van der Waals surface area contributed by atoms with Gasteiger partial charge in [0.05, 0.1) is 0 Å². The number of aromatic nitrogens is 1. The van der Waals surface area contributed by atoms with Crippen LogP contribution in [0.15, 0.2) is 40.8 Å². The third-order valence-electron chi connectivity index (χ3n) is 3.10. The summed E-state index contributed by atoms with van der Waals surface area (Å²) in [6.07, 6.45) is 0. The van der Waals surface area contributed by atoms with Gasteiger partial charge in [-0.2, -0.15) is 0 Å². The molecule has 0 aliphatic rings. The number of aryl methyl sites for hydroxylation is 2. The molecule has 2 aromatic carbocycles. The zero-order valence-electron chi connectivity index (χ0n) is 10.4. The van der Waals surface area contributed by atoms with Crippen LogP contribution in [-0.2, 0) is 0 Å². The molecule has 0 radical (unpaired) electrons. The number of para-hydroxylation sites is 1. The lowest BCUT2D eigenvalue weighted by Crippen LogP contribution is -1.88. The molecule has 3 nitrogen and oxygen atoms in total. The third-order valence-corrected chi connectivity index (χ3v) is 3.10. The number of nitrogens with zero attached hydrogens (tertiary/aromatic N) is 1. The van der Waals surface area contributed by atoms with Gasteiger partial charge in [-0.25, -0.2) is 4.98 Å². The first-order valence-electron chi connectivity index (χ1n) is 5.88. The number of benzene rings is 2. The molecule has 1 aromatic heterocycles. The molecule has 0 aliphatic carbocycles. The summed E-state index contributed by atoms with van der Waals surface area (Å²) in [6, 6.07) is 11.7. The fraction of sp³-hybridized carbons (Fsp3) is 0.133. The molecule has 0 aliphatic heterocycles. The maximum absolute atomic E-state index is 5.80. The van der Waals surface area contributed by atoms with Crippen LogP contribution in [-0.4, -0.2) is 4.98 Å². The molecule has 18 heavy (non-hydrogen) atoms. The molecule has 1 heterocycles. The van der Waals surface area contributed by atoms with E-state index in [1.165, 1.54) is 0 Å². The van der Waals surface area contributed by atoms with Crippen LogP contribution in [0.1, 0.15) is 11.1 Å². The van der Waals surface area contributed by atoms with E-state index in [0.717, 1.165) is 33.5 Å². The summed E-state index contributed by atoms with van der Waals surface area (Å²) in [5.74, 6) is 0.650. The second-order valence-corrected chi connectivity index (χ2v) is 4.52. The SMILES string of the molecule is Cc1cc(N)ccc1-c1nc2c(C)cccc2o1. The lowest BCUT2D eigenvalue weighted by atomic mass is 10.1. The highest BCUT2D eigenvalue weighted by atomic mass is 16.3. The van der Waals surface area contributed by atoms with E-state index >= 15 is 0 Å². The summed E-state index contributed by atoms with van der Waals surface area (Å²) < 4.78 is 5.80. The Hall–Kier alpha value is -2.29. The number of rotatable bonds is 1. The summed E-state index contributed by atoms with van der Waals surface area (Å²) in [4.78, 5) is 4.57. The number of oxazole rings is 1. The first-order valence-corrected chi connectivity index (χ1v) is 5.88. The zero-order valence-corrected chi connectivity index (χ0v) is 10.4. The van der Waals surface area contributed by atoms with Crippen molar-refractivity contribution < 1.29 is 4.42 Å². The quantitative estimate of drug-likeness (QED) is 0.658. The van der Waals surface area contributed by atoms with Gasteiger partial charge in [-0.05, 0) is 49.2 Å². The minimum Gasteiger partial charge on any atom is -0.436 e. The first kappa shape index (κ1) is 10.8. The van der Waals surface area contributed by atoms with Crippen molar-refractivity contribution >= 4 is 16.8 Å². The molecule has 0 unspecified atom stereocenters. The zero-order chi connectivity index (χ0) is 12.7. The normalized spacial score (nSPS) is 11.0. The van der Waals surface area contributed by atoms with Gasteiger partial charge in [0.15, 0.2) is 5.58 Å². The minimum absolute atomic E-state index is 0.650. The number of anilines is 1. The minimum atomic E-state index is 0.650. The Morgan fingerprint density at radius 3 is 2.61 bits per heavy atom. The largest absolute Gasteiger partial charge is 0.436 e. The number of nitrogens with two attached hydrogens (primary N) is 1. The summed E-state index contributed by atoms with van der Waals surface area (Å²) in [5, 5.41) is 0. The highest BCUT2D eigenvalue weighted by Crippen LogP contribution is 2.28. The average Bonchev–Trinajstić information content (AvgIpc) is 2.74. The highest BCUT2D eigenvalue weighted by Gasteiger charge is 2.11. The Balaban J connectivity index is 2.23. The molecule has 0 fully saturated rings. The maximum Gasteiger partial charge on any atom is 0.227 e. The Bertz CT molecular complexity index is 728. The van der Waals surface area contributed by atoms with Crippen LogP contribution < -0.4 is 5.73 Å². The number of hydrogen-bond acceptors (Lipinski definition) is 3. The molecule has 0 bridgehead atoms. The van der Waals surface area contributed by atoms with Crippen molar-refractivity contribution in [2.24, 2.45) is 0 Å². The molecule has 0 saturated heterocycles. The summed E-state index contributed by atoms with van der Waals surface area (Å²) >= 11 is 0. The molecule has 0 amide bonds. The number of fused-ring (bicyclic) bond motifs is 1. The summed E-state index contributed by atoms with van der Waals surface area (Å²) in [5.41, 5.74) is 11.4. The lowest BCUT2D eigenvalue weighted by Gasteiger charge is -2.01. The molecular formula is C15H14N2O. The molecule has 3 rings (SSSR count). The predicted molar refractivity (Wildman–Crippen MR) is 73.3 cm³/mol. The Morgan fingerprint density at radius 2 is 1.89 bits per heavy atom. The second kappa shape index (κ2) is 3.88. The van der Waals surface area contributed by atoms with E-state index in [1.54, 1.807) is 0 Å². The molecule has 0 saturated carbocycles. The average molecular weight is 238 g/mol. The van der Waals surface area contributed by atoms with Crippen LogP contribution in [0.2, 0.25) is 0 Å². The van der Waals surface area contributed by atoms with Crippen molar-refractivity contribution in [2.45, 2.75) is 13.8 Å². The van der Waals surface area contributed by atoms with Gasteiger partial charge in [0.1, 0.15) is 5.52 Å². The van der Waals surface area contributed by atoms with Gasteiger partial charge in [0.25, 0.3) is 0 Å². The van der Waals surface area contributed by atoms with Crippen LogP contribution in [0, 0.1) is 13.8 Å². The third kappa shape index (κ3) is 1.64. The van der Waals surface area contributed by atoms with E-state index in [1.807, 2.05) is 50.2 Å². The van der Waals surface area contributed by atoms with E-state index < -0.39 is 0 Å². The van der Waals surface area contributed by atoms with E-state index in [0.29, 0.717) is 5.89 Å². The van der Waals surface area contributed by atoms with Crippen molar-refractivity contribution in [2.75, 3.05) is 5.73 Å². The molecule has 3 heteroatoms. The van der Waals surface area contributed by atoms with Gasteiger partial charge in [-0.15, -0.1) is 0 Å². The monoisotopic (exact) mass is 238 g/mol. The van der Waals surface area contributed by atoms with Crippen LogP contribution in [0.25, 0.3) is 22.6 Å². The highest BCUT2D eigenvalue weighted by molar-refractivity contribution is 5.80. The van der Waals surface area contributed by atoms with Crippen molar-refractivity contribution in [1.82, 2.24) is 4.98 Å². The van der Waals surface area contributed by atoms with E-state index in [9.17, 15) is 0 Å². The second-order valence-electron chi connectivity index (χ2n) is 4.52. The van der Waals surface area contributed by atoms with Crippen LogP contribution in [0.5, 0.6) is 0 Å². The topological polar surface area (TPSA) is 52.0 Å². The standard InChI is InChI=1S/C15H14N2O/c1-9-4-3-5-13-14(9)17-15(18-13)12-7-6-11(16)8-10(12)2/h3-8H,16H2,1-2H3. The Kier molecular flexibility index (Phi) is 2.33. The van der Waals surface area contributed by atoms with Gasteiger partial charge in [-0.3, -0.25) is 0 Å². The predicted octanol–water partition coefficient (Wildman–Crippen LogP) is 3.69. The molecule has 0 spiro atoms. The van der Waals surface area contributed by atoms with Crippen LogP contribution >= 0.6 is 0 Å². The lowest BCUT2D eigenvalue weighted by molar-refractivity contribution is 0.619. The van der Waals surface area contributed by atoms with Gasteiger partial charge in [0.2, 0.25) is 5.89 Å². The maximum atomic E-state index is 5.80. The van der Waals surface area contributed by atoms with E-state index in [2.05, 4.69) is 4.98 Å². The Labute approximate surface area is 105 Å². The molecule has 2 N–H and O–H groups in total. The van der Waals surface area contributed by atoms with Gasteiger partial charge >= 0.3 is 0 Å². The van der Waals surface area contributed by atoms with Crippen molar-refractivity contribution in [3.63, 3.8) is 0 Å². The fourth-order valence-corrected chi connectivity index (χ4v) is 2.13. The van der Waals surface area contributed by atoms with Crippen LogP contribution in [0.3, 0.4) is 0 Å². The molecule has 0 atom stereocenters. The fourth-order valence-electron chi connectivity index (χ4n) is 2.13. The van der Waals surface area contributed by atoms with Gasteiger partial charge in [-0.1, -0.05) is 12.1 Å². The molecule has 3 aromatic rings. The molecular weight excluding hydrogens is 224 g/mol. The van der Waals surface area contributed by atoms with Crippen molar-refractivity contribution in [1.29, 1.82) is 0 Å². The van der Waals surface area contributed by atoms with Crippen molar-refractivity contribution in [3.05, 3.63) is 47.5 Å².